The van der Waals surface area contributed by atoms with Gasteiger partial charge in [-0.25, -0.2) is 0 Å². The molecule has 0 amide bonds. The SMILES string of the molecule is C#CC(C)(C)C.[Ag]. The fraction of sp³-hybridized carbons (Fsp3) is 0.667. The Bertz CT molecular complexity index is 71.2. The predicted octanol–water partition coefficient (Wildman–Crippen LogP) is 1.66. The zero-order chi connectivity index (χ0) is 5.21. The van der Waals surface area contributed by atoms with Gasteiger partial charge in [-0.05, 0) is 20.8 Å². The average molecular weight is 190 g/mol. The third-order valence-electron chi connectivity index (χ3n) is 0.433. The zero-order valence-corrected chi connectivity index (χ0v) is 6.36. The molecule has 1 radical (unpaired) electrons. The smallest absolute Gasteiger partial charge is 0.0227 e. The summed E-state index contributed by atoms with van der Waals surface area (Å²) in [6, 6.07) is 0. The normalized spacial score (nSPS) is 8.86. The van der Waals surface area contributed by atoms with Crippen LogP contribution in [0.15, 0.2) is 0 Å². The molecule has 45 valence electrons. The summed E-state index contributed by atoms with van der Waals surface area (Å²) >= 11 is 0. The Morgan fingerprint density at radius 3 is 1.43 bits per heavy atom. The molecule has 0 aliphatic carbocycles. The van der Waals surface area contributed by atoms with E-state index < -0.39 is 0 Å². The minimum absolute atomic E-state index is 0. The summed E-state index contributed by atoms with van der Waals surface area (Å²) in [6.07, 6.45) is 5.06. The maximum Gasteiger partial charge on any atom is 0.0227 e. The van der Waals surface area contributed by atoms with Gasteiger partial charge in [-0.3, -0.25) is 0 Å². The maximum absolute atomic E-state index is 5.06. The minimum atomic E-state index is 0. The standard InChI is InChI=1S/C6H10.Ag/c1-5-6(2,3)4;/h1H,2-4H3;. The Morgan fingerprint density at radius 1 is 1.29 bits per heavy atom. The van der Waals surface area contributed by atoms with E-state index in [9.17, 15) is 0 Å². The van der Waals surface area contributed by atoms with Crippen molar-refractivity contribution in [2.24, 2.45) is 5.41 Å². The third-order valence-corrected chi connectivity index (χ3v) is 0.433. The first kappa shape index (κ1) is 10.3. The van der Waals surface area contributed by atoms with Crippen LogP contribution in [0.2, 0.25) is 0 Å². The monoisotopic (exact) mass is 189 g/mol. The average Bonchev–Trinajstić information content (AvgIpc) is 1.35. The fourth-order valence-corrected chi connectivity index (χ4v) is 0. The van der Waals surface area contributed by atoms with Crippen molar-refractivity contribution in [3.05, 3.63) is 0 Å². The molecular formula is C6H10Ag. The Labute approximate surface area is 61.2 Å². The van der Waals surface area contributed by atoms with Gasteiger partial charge in [-0.15, -0.1) is 12.3 Å². The van der Waals surface area contributed by atoms with Crippen LogP contribution in [0.25, 0.3) is 0 Å². The van der Waals surface area contributed by atoms with E-state index in [-0.39, 0.29) is 27.8 Å². The molecule has 0 aromatic heterocycles. The van der Waals surface area contributed by atoms with Crippen molar-refractivity contribution in [2.75, 3.05) is 0 Å². The van der Waals surface area contributed by atoms with Crippen molar-refractivity contribution in [3.63, 3.8) is 0 Å². The van der Waals surface area contributed by atoms with E-state index in [1.807, 2.05) is 20.8 Å². The molecule has 0 heterocycles. The van der Waals surface area contributed by atoms with Crippen molar-refractivity contribution in [3.8, 4) is 12.3 Å². The molecule has 0 N–H and O–H groups in total. The number of hydrogen-bond acceptors (Lipinski definition) is 0. The molecule has 0 spiro atoms. The van der Waals surface area contributed by atoms with Crippen molar-refractivity contribution >= 4 is 0 Å². The van der Waals surface area contributed by atoms with Crippen molar-refractivity contribution < 1.29 is 22.4 Å². The largest absolute Gasteiger partial charge is 0.120 e. The van der Waals surface area contributed by atoms with Crippen LogP contribution in [0, 0.1) is 17.8 Å². The van der Waals surface area contributed by atoms with Gasteiger partial charge in [0.2, 0.25) is 0 Å². The van der Waals surface area contributed by atoms with Gasteiger partial charge in [0.15, 0.2) is 0 Å². The second-order valence-electron chi connectivity index (χ2n) is 2.39. The number of terminal acetylenes is 1. The van der Waals surface area contributed by atoms with Crippen molar-refractivity contribution in [1.29, 1.82) is 0 Å². The van der Waals surface area contributed by atoms with E-state index in [2.05, 4.69) is 5.92 Å². The van der Waals surface area contributed by atoms with Crippen LogP contribution < -0.4 is 0 Å². The molecule has 0 aromatic rings. The molecule has 0 aromatic carbocycles. The Balaban J connectivity index is 0. The molecule has 0 bridgehead atoms. The van der Waals surface area contributed by atoms with E-state index in [0.29, 0.717) is 0 Å². The van der Waals surface area contributed by atoms with Crippen molar-refractivity contribution in [2.45, 2.75) is 20.8 Å². The number of rotatable bonds is 0. The van der Waals surface area contributed by atoms with E-state index in [1.54, 1.807) is 0 Å². The van der Waals surface area contributed by atoms with Crippen LogP contribution in [0.4, 0.5) is 0 Å². The molecule has 0 rings (SSSR count). The summed E-state index contributed by atoms with van der Waals surface area (Å²) in [5.41, 5.74) is 0.0694. The van der Waals surface area contributed by atoms with Crippen LogP contribution in [0.1, 0.15) is 20.8 Å². The van der Waals surface area contributed by atoms with Crippen molar-refractivity contribution in [1.82, 2.24) is 0 Å². The Hall–Kier alpha value is 0.300. The van der Waals surface area contributed by atoms with Crippen LogP contribution in [-0.4, -0.2) is 0 Å². The van der Waals surface area contributed by atoms with E-state index in [1.165, 1.54) is 0 Å². The van der Waals surface area contributed by atoms with Crippen LogP contribution in [-0.2, 0) is 22.4 Å². The molecule has 0 nitrogen and oxygen atoms in total. The molecule has 0 unspecified atom stereocenters. The van der Waals surface area contributed by atoms with Gasteiger partial charge in [0.25, 0.3) is 0 Å². The molecule has 0 fully saturated rings. The first-order valence-electron chi connectivity index (χ1n) is 2.04. The van der Waals surface area contributed by atoms with Crippen LogP contribution in [0.3, 0.4) is 0 Å². The summed E-state index contributed by atoms with van der Waals surface area (Å²) in [5.74, 6) is 2.60. The Kier molecular flexibility index (Phi) is 4.89. The van der Waals surface area contributed by atoms with E-state index in [0.717, 1.165) is 0 Å². The minimum Gasteiger partial charge on any atom is -0.120 e. The summed E-state index contributed by atoms with van der Waals surface area (Å²) in [5, 5.41) is 0. The van der Waals surface area contributed by atoms with Gasteiger partial charge in [0, 0.05) is 27.8 Å². The molecule has 0 atom stereocenters. The second-order valence-corrected chi connectivity index (χ2v) is 2.39. The third kappa shape index (κ3) is 10.7. The first-order chi connectivity index (χ1) is 2.56. The quantitative estimate of drug-likeness (QED) is 0.402. The topological polar surface area (TPSA) is 0 Å². The van der Waals surface area contributed by atoms with Gasteiger partial charge in [-0.1, -0.05) is 0 Å². The van der Waals surface area contributed by atoms with Gasteiger partial charge in [0.1, 0.15) is 0 Å². The van der Waals surface area contributed by atoms with Gasteiger partial charge in [0.05, 0.1) is 0 Å². The first-order valence-corrected chi connectivity index (χ1v) is 2.04. The summed E-state index contributed by atoms with van der Waals surface area (Å²) < 4.78 is 0. The second kappa shape index (κ2) is 3.32. The maximum atomic E-state index is 5.06. The van der Waals surface area contributed by atoms with Gasteiger partial charge < -0.3 is 0 Å². The molecule has 7 heavy (non-hydrogen) atoms. The fourth-order valence-electron chi connectivity index (χ4n) is 0. The summed E-state index contributed by atoms with van der Waals surface area (Å²) in [6.45, 7) is 6.02. The molecule has 0 aliphatic rings. The molecule has 0 aliphatic heterocycles. The Morgan fingerprint density at radius 2 is 1.43 bits per heavy atom. The zero-order valence-electron chi connectivity index (χ0n) is 4.88. The van der Waals surface area contributed by atoms with Gasteiger partial charge in [-0.2, -0.15) is 0 Å². The van der Waals surface area contributed by atoms with E-state index in [4.69, 9.17) is 6.42 Å². The van der Waals surface area contributed by atoms with E-state index >= 15 is 0 Å². The summed E-state index contributed by atoms with van der Waals surface area (Å²) in [4.78, 5) is 0. The van der Waals surface area contributed by atoms with Crippen LogP contribution >= 0.6 is 0 Å². The molecule has 1 heteroatoms. The molecular weight excluding hydrogens is 180 g/mol. The molecule has 0 saturated heterocycles. The van der Waals surface area contributed by atoms with Crippen LogP contribution in [0.5, 0.6) is 0 Å². The van der Waals surface area contributed by atoms with Gasteiger partial charge >= 0.3 is 0 Å². The predicted molar refractivity (Wildman–Crippen MR) is 28.3 cm³/mol. The molecule has 0 saturated carbocycles. The summed E-state index contributed by atoms with van der Waals surface area (Å²) in [7, 11) is 0. The number of hydrogen-bond donors (Lipinski definition) is 0.